The summed E-state index contributed by atoms with van der Waals surface area (Å²) in [6, 6.07) is 16.6. The van der Waals surface area contributed by atoms with Crippen LogP contribution in [0.1, 0.15) is 11.4 Å². The highest BCUT2D eigenvalue weighted by Gasteiger charge is 2.16. The Bertz CT molecular complexity index is 1590. The van der Waals surface area contributed by atoms with Gasteiger partial charge < -0.3 is 11.1 Å². The number of halogens is 1. The van der Waals surface area contributed by atoms with Crippen molar-refractivity contribution in [3.05, 3.63) is 94.4 Å². The highest BCUT2D eigenvalue weighted by molar-refractivity contribution is 7.98. The van der Waals surface area contributed by atoms with Crippen LogP contribution in [0.2, 0.25) is 0 Å². The number of aryl methyl sites for hydroxylation is 1. The van der Waals surface area contributed by atoms with Gasteiger partial charge in [-0.1, -0.05) is 23.9 Å². The van der Waals surface area contributed by atoms with Crippen molar-refractivity contribution in [1.29, 1.82) is 0 Å². The summed E-state index contributed by atoms with van der Waals surface area (Å²) in [4.78, 5) is 35.2. The third kappa shape index (κ3) is 4.94. The van der Waals surface area contributed by atoms with Crippen LogP contribution in [0, 0.1) is 12.7 Å². The van der Waals surface area contributed by atoms with Crippen LogP contribution in [0.5, 0.6) is 0 Å². The molecular weight excluding hydrogens is 467 g/mol. The van der Waals surface area contributed by atoms with Crippen molar-refractivity contribution in [2.45, 2.75) is 17.8 Å². The molecule has 0 amide bonds. The van der Waals surface area contributed by atoms with E-state index in [1.54, 1.807) is 36.5 Å². The van der Waals surface area contributed by atoms with E-state index >= 15 is 0 Å². The zero-order chi connectivity index (χ0) is 24.4. The largest absolute Gasteiger partial charge is 0.368 e. The van der Waals surface area contributed by atoms with Crippen molar-refractivity contribution in [1.82, 2.24) is 29.5 Å². The fourth-order valence-electron chi connectivity index (χ4n) is 3.40. The molecule has 0 atom stereocenters. The number of hydrogen-bond acceptors (Lipinski definition) is 9. The maximum atomic E-state index is 13.4. The second kappa shape index (κ2) is 9.47. The number of pyridine rings is 1. The van der Waals surface area contributed by atoms with Gasteiger partial charge in [-0.25, -0.2) is 18.9 Å². The first-order valence-electron chi connectivity index (χ1n) is 10.6. The summed E-state index contributed by atoms with van der Waals surface area (Å²) < 4.78 is 14.7. The molecule has 0 radical (unpaired) electrons. The quantitative estimate of drug-likeness (QED) is 0.270. The predicted molar refractivity (Wildman–Crippen MR) is 133 cm³/mol. The van der Waals surface area contributed by atoms with E-state index in [9.17, 15) is 9.18 Å². The maximum Gasteiger partial charge on any atom is 0.267 e. The summed E-state index contributed by atoms with van der Waals surface area (Å²) in [6.45, 7) is 1.93. The van der Waals surface area contributed by atoms with Gasteiger partial charge >= 0.3 is 0 Å². The number of para-hydroxylation sites is 1. The van der Waals surface area contributed by atoms with Crippen LogP contribution in [-0.2, 0) is 5.75 Å². The topological polar surface area (TPSA) is 124 Å². The maximum absolute atomic E-state index is 13.4. The van der Waals surface area contributed by atoms with Crippen LogP contribution < -0.4 is 16.6 Å². The average molecular weight is 487 g/mol. The van der Waals surface area contributed by atoms with Gasteiger partial charge in [-0.3, -0.25) is 4.79 Å². The molecule has 0 saturated heterocycles. The minimum Gasteiger partial charge on any atom is -0.368 e. The number of nitrogens with one attached hydrogen (secondary N) is 1. The molecule has 0 unspecified atom stereocenters. The van der Waals surface area contributed by atoms with E-state index in [1.807, 2.05) is 25.1 Å². The summed E-state index contributed by atoms with van der Waals surface area (Å²) >= 11 is 1.28. The third-order valence-corrected chi connectivity index (χ3v) is 5.94. The molecule has 9 nitrogen and oxygen atoms in total. The first kappa shape index (κ1) is 22.4. The van der Waals surface area contributed by atoms with E-state index in [0.717, 1.165) is 5.56 Å². The van der Waals surface area contributed by atoms with Crippen molar-refractivity contribution in [2.75, 3.05) is 11.1 Å². The second-order valence-electron chi connectivity index (χ2n) is 7.60. The lowest BCUT2D eigenvalue weighted by atomic mass is 10.2. The van der Waals surface area contributed by atoms with Crippen LogP contribution in [0.4, 0.5) is 22.0 Å². The number of fused-ring (bicyclic) bond motifs is 1. The van der Waals surface area contributed by atoms with Crippen LogP contribution >= 0.6 is 11.8 Å². The molecule has 0 saturated carbocycles. The molecular formula is C24H19FN8OS. The molecule has 3 heterocycles. The van der Waals surface area contributed by atoms with Crippen LogP contribution in [0.25, 0.3) is 16.7 Å². The molecule has 0 fully saturated rings. The Morgan fingerprint density at radius 2 is 1.83 bits per heavy atom. The minimum absolute atomic E-state index is 0.0319. The van der Waals surface area contributed by atoms with E-state index in [2.05, 4.69) is 25.3 Å². The van der Waals surface area contributed by atoms with Gasteiger partial charge in [0, 0.05) is 11.9 Å². The summed E-state index contributed by atoms with van der Waals surface area (Å²) in [5.74, 6) is 1.04. The monoisotopic (exact) mass is 486 g/mol. The van der Waals surface area contributed by atoms with Gasteiger partial charge in [0.25, 0.3) is 5.56 Å². The Balaban J connectivity index is 1.49. The Hall–Kier alpha value is -4.38. The lowest BCUT2D eigenvalue weighted by molar-refractivity contribution is 0.628. The second-order valence-corrected chi connectivity index (χ2v) is 8.54. The number of rotatable bonds is 6. The van der Waals surface area contributed by atoms with E-state index in [1.165, 1.54) is 28.5 Å². The van der Waals surface area contributed by atoms with Crippen molar-refractivity contribution < 1.29 is 4.39 Å². The van der Waals surface area contributed by atoms with E-state index in [-0.39, 0.29) is 29.0 Å². The molecule has 3 N–H and O–H groups in total. The Morgan fingerprint density at radius 3 is 2.63 bits per heavy atom. The van der Waals surface area contributed by atoms with Crippen LogP contribution in [0.3, 0.4) is 0 Å². The highest BCUT2D eigenvalue weighted by Crippen LogP contribution is 2.24. The normalized spacial score (nSPS) is 11.0. The summed E-state index contributed by atoms with van der Waals surface area (Å²) in [6.07, 6.45) is 1.65. The van der Waals surface area contributed by atoms with Gasteiger partial charge in [0.1, 0.15) is 17.5 Å². The summed E-state index contributed by atoms with van der Waals surface area (Å²) in [5.41, 5.74) is 7.82. The average Bonchev–Trinajstić information content (AvgIpc) is 2.84. The molecule has 5 rings (SSSR count). The smallest absolute Gasteiger partial charge is 0.267 e. The first-order valence-corrected chi connectivity index (χ1v) is 11.6. The van der Waals surface area contributed by atoms with Crippen molar-refractivity contribution >= 4 is 40.2 Å². The van der Waals surface area contributed by atoms with E-state index < -0.39 is 0 Å². The van der Waals surface area contributed by atoms with Gasteiger partial charge in [-0.2, -0.15) is 15.0 Å². The van der Waals surface area contributed by atoms with Gasteiger partial charge in [-0.15, -0.1) is 0 Å². The first-order chi connectivity index (χ1) is 17.0. The van der Waals surface area contributed by atoms with E-state index in [4.69, 9.17) is 10.7 Å². The molecule has 0 aliphatic carbocycles. The number of anilines is 3. The molecule has 11 heteroatoms. The molecule has 0 aliphatic heterocycles. The molecule has 0 aliphatic rings. The number of nitrogens with zero attached hydrogens (tertiary/aromatic N) is 6. The molecule has 3 aromatic heterocycles. The van der Waals surface area contributed by atoms with Crippen LogP contribution in [-0.4, -0.2) is 29.5 Å². The van der Waals surface area contributed by atoms with Crippen molar-refractivity contribution in [2.24, 2.45) is 0 Å². The molecule has 0 spiro atoms. The molecule has 0 bridgehead atoms. The number of aromatic nitrogens is 6. The molecule has 174 valence electrons. The zero-order valence-electron chi connectivity index (χ0n) is 18.5. The standard InChI is InChI=1S/C24H19FN8OS/c1-14-10-11-27-20(12-14)33-21(34)17-4-2-3-5-18(17)29-24(33)35-13-19-30-22(26)32-23(31-19)28-16-8-6-15(25)7-9-16/h2-12H,13H2,1H3,(H3,26,28,30,31,32). The van der Waals surface area contributed by atoms with Crippen molar-refractivity contribution in [3.63, 3.8) is 0 Å². The Labute approximate surface area is 203 Å². The summed E-state index contributed by atoms with van der Waals surface area (Å²) in [7, 11) is 0. The van der Waals surface area contributed by atoms with Crippen LogP contribution in [0.15, 0.2) is 76.8 Å². The molecule has 2 aromatic carbocycles. The zero-order valence-corrected chi connectivity index (χ0v) is 19.3. The SMILES string of the molecule is Cc1ccnc(-n2c(SCc3nc(N)nc(Nc4ccc(F)cc4)n3)nc3ccccc3c2=O)c1. The van der Waals surface area contributed by atoms with Gasteiger partial charge in [0.2, 0.25) is 11.9 Å². The highest BCUT2D eigenvalue weighted by atomic mass is 32.2. The number of benzene rings is 2. The third-order valence-electron chi connectivity index (χ3n) is 5.00. The number of hydrogen-bond donors (Lipinski definition) is 2. The lowest BCUT2D eigenvalue weighted by Gasteiger charge is -2.13. The Morgan fingerprint density at radius 1 is 1.03 bits per heavy atom. The van der Waals surface area contributed by atoms with E-state index in [0.29, 0.717) is 33.4 Å². The number of nitrogen functional groups attached to an aromatic ring is 1. The number of nitrogens with two attached hydrogens (primary N) is 1. The van der Waals surface area contributed by atoms with Gasteiger partial charge in [-0.05, 0) is 61.0 Å². The molecule has 5 aromatic rings. The summed E-state index contributed by atoms with van der Waals surface area (Å²) in [5, 5.41) is 3.93. The van der Waals surface area contributed by atoms with Crippen molar-refractivity contribution in [3.8, 4) is 5.82 Å². The minimum atomic E-state index is -0.347. The van der Waals surface area contributed by atoms with Gasteiger partial charge in [0.15, 0.2) is 5.16 Å². The fraction of sp³-hybridized carbons (Fsp3) is 0.0833. The number of thioether (sulfide) groups is 1. The fourth-order valence-corrected chi connectivity index (χ4v) is 4.26. The lowest BCUT2D eigenvalue weighted by Crippen LogP contribution is -2.22. The molecule has 35 heavy (non-hydrogen) atoms. The Kier molecular flexibility index (Phi) is 6.06. The predicted octanol–water partition coefficient (Wildman–Crippen LogP) is 4.03. The van der Waals surface area contributed by atoms with Gasteiger partial charge in [0.05, 0.1) is 16.7 Å².